The van der Waals surface area contributed by atoms with Gasteiger partial charge in [0, 0.05) is 0 Å². The maximum atomic E-state index is 11.9. The Morgan fingerprint density at radius 2 is 2.16 bits per heavy atom. The SMILES string of the molecule is C=CCCCC1(O)CNC(=O)N1Cc1ccccc1. The average molecular weight is 260 g/mol. The molecule has 0 aromatic heterocycles. The van der Waals surface area contributed by atoms with Crippen LogP contribution < -0.4 is 5.32 Å². The standard InChI is InChI=1S/C15H20N2O2/c1-2-3-7-10-15(19)12-16-14(18)17(15)11-13-8-5-4-6-9-13/h2,4-6,8-9,19H,1,3,7,10-12H2,(H,16,18). The number of unbranched alkanes of at least 4 members (excludes halogenated alkanes) is 1. The fraction of sp³-hybridized carbons (Fsp3) is 0.400. The topological polar surface area (TPSA) is 52.6 Å². The number of allylic oxidation sites excluding steroid dienone is 1. The van der Waals surface area contributed by atoms with Gasteiger partial charge in [0.25, 0.3) is 0 Å². The van der Waals surface area contributed by atoms with E-state index >= 15 is 0 Å². The highest BCUT2D eigenvalue weighted by molar-refractivity contribution is 5.77. The zero-order valence-corrected chi connectivity index (χ0v) is 11.0. The summed E-state index contributed by atoms with van der Waals surface area (Å²) < 4.78 is 0. The molecule has 1 saturated heterocycles. The fourth-order valence-corrected chi connectivity index (χ4v) is 2.33. The van der Waals surface area contributed by atoms with E-state index in [4.69, 9.17) is 0 Å². The van der Waals surface area contributed by atoms with E-state index in [-0.39, 0.29) is 12.6 Å². The molecular formula is C15H20N2O2. The third-order valence-electron chi connectivity index (χ3n) is 3.44. The first-order valence-corrected chi connectivity index (χ1v) is 6.58. The maximum Gasteiger partial charge on any atom is 0.320 e. The lowest BCUT2D eigenvalue weighted by Crippen LogP contribution is -2.46. The number of hydrogen-bond donors (Lipinski definition) is 2. The second kappa shape index (κ2) is 5.89. The summed E-state index contributed by atoms with van der Waals surface area (Å²) in [5.41, 5.74) is -0.0719. The molecule has 2 amide bonds. The molecule has 1 atom stereocenters. The predicted octanol–water partition coefficient (Wildman–Crippen LogP) is 2.26. The summed E-state index contributed by atoms with van der Waals surface area (Å²) in [6.07, 6.45) is 4.05. The van der Waals surface area contributed by atoms with Crippen molar-refractivity contribution in [2.45, 2.75) is 31.5 Å². The van der Waals surface area contributed by atoms with Crippen LogP contribution in [0.2, 0.25) is 0 Å². The van der Waals surface area contributed by atoms with Crippen LogP contribution in [0.5, 0.6) is 0 Å². The number of carbonyl (C=O) groups excluding carboxylic acids is 1. The molecule has 102 valence electrons. The Kier molecular flexibility index (Phi) is 4.22. The molecule has 1 aliphatic rings. The second-order valence-electron chi connectivity index (χ2n) is 4.89. The van der Waals surface area contributed by atoms with Gasteiger partial charge in [0.05, 0.1) is 13.1 Å². The number of rotatable bonds is 6. The van der Waals surface area contributed by atoms with Crippen LogP contribution >= 0.6 is 0 Å². The number of urea groups is 1. The van der Waals surface area contributed by atoms with E-state index in [1.807, 2.05) is 36.4 Å². The lowest BCUT2D eigenvalue weighted by molar-refractivity contribution is -0.0646. The molecule has 1 aliphatic heterocycles. The van der Waals surface area contributed by atoms with Gasteiger partial charge in [-0.3, -0.25) is 4.90 Å². The van der Waals surface area contributed by atoms with Crippen molar-refractivity contribution in [3.05, 3.63) is 48.6 Å². The van der Waals surface area contributed by atoms with Gasteiger partial charge in [-0.25, -0.2) is 4.79 Å². The number of aliphatic hydroxyl groups is 1. The second-order valence-corrected chi connectivity index (χ2v) is 4.89. The molecule has 0 radical (unpaired) electrons. The molecular weight excluding hydrogens is 240 g/mol. The van der Waals surface area contributed by atoms with Gasteiger partial charge in [0.15, 0.2) is 5.72 Å². The average Bonchev–Trinajstić information content (AvgIpc) is 2.69. The summed E-state index contributed by atoms with van der Waals surface area (Å²) in [7, 11) is 0. The number of carbonyl (C=O) groups is 1. The number of nitrogens with zero attached hydrogens (tertiary/aromatic N) is 1. The van der Waals surface area contributed by atoms with E-state index in [1.165, 1.54) is 4.90 Å². The normalized spacial score (nSPS) is 22.4. The van der Waals surface area contributed by atoms with Crippen molar-refractivity contribution in [2.75, 3.05) is 6.54 Å². The van der Waals surface area contributed by atoms with E-state index in [0.717, 1.165) is 18.4 Å². The lowest BCUT2D eigenvalue weighted by atomic mass is 10.0. The largest absolute Gasteiger partial charge is 0.369 e. The maximum absolute atomic E-state index is 11.9. The number of amides is 2. The van der Waals surface area contributed by atoms with Crippen LogP contribution in [-0.4, -0.2) is 28.3 Å². The summed E-state index contributed by atoms with van der Waals surface area (Å²) in [6, 6.07) is 9.50. The molecule has 0 bridgehead atoms. The number of nitrogens with one attached hydrogen (secondary N) is 1. The van der Waals surface area contributed by atoms with Gasteiger partial charge in [0.2, 0.25) is 0 Å². The molecule has 1 fully saturated rings. The Morgan fingerprint density at radius 3 is 2.84 bits per heavy atom. The zero-order chi connectivity index (χ0) is 13.7. The number of benzene rings is 1. The smallest absolute Gasteiger partial charge is 0.320 e. The Labute approximate surface area is 113 Å². The number of hydrogen-bond acceptors (Lipinski definition) is 2. The molecule has 2 rings (SSSR count). The van der Waals surface area contributed by atoms with Crippen molar-refractivity contribution in [2.24, 2.45) is 0 Å². The molecule has 2 N–H and O–H groups in total. The molecule has 4 nitrogen and oxygen atoms in total. The first-order valence-electron chi connectivity index (χ1n) is 6.58. The van der Waals surface area contributed by atoms with Gasteiger partial charge in [-0.1, -0.05) is 36.4 Å². The van der Waals surface area contributed by atoms with Gasteiger partial charge in [-0.15, -0.1) is 6.58 Å². The molecule has 1 heterocycles. The molecule has 0 saturated carbocycles. The molecule has 4 heteroatoms. The first kappa shape index (κ1) is 13.6. The molecule has 1 unspecified atom stereocenters. The van der Waals surface area contributed by atoms with Crippen molar-refractivity contribution in [1.82, 2.24) is 10.2 Å². The molecule has 0 aliphatic carbocycles. The first-order chi connectivity index (χ1) is 9.15. The summed E-state index contributed by atoms with van der Waals surface area (Å²) in [5, 5.41) is 13.3. The predicted molar refractivity (Wildman–Crippen MR) is 74.4 cm³/mol. The highest BCUT2D eigenvalue weighted by atomic mass is 16.3. The summed E-state index contributed by atoms with van der Waals surface area (Å²) in [6.45, 7) is 4.39. The van der Waals surface area contributed by atoms with Gasteiger partial charge in [-0.05, 0) is 24.8 Å². The summed E-state index contributed by atoms with van der Waals surface area (Å²) >= 11 is 0. The Morgan fingerprint density at radius 1 is 1.42 bits per heavy atom. The third kappa shape index (κ3) is 3.15. The van der Waals surface area contributed by atoms with Crippen molar-refractivity contribution in [1.29, 1.82) is 0 Å². The third-order valence-corrected chi connectivity index (χ3v) is 3.44. The van der Waals surface area contributed by atoms with Crippen molar-refractivity contribution < 1.29 is 9.90 Å². The van der Waals surface area contributed by atoms with E-state index < -0.39 is 5.72 Å². The van der Waals surface area contributed by atoms with E-state index in [1.54, 1.807) is 0 Å². The monoisotopic (exact) mass is 260 g/mol. The van der Waals surface area contributed by atoms with E-state index in [9.17, 15) is 9.90 Å². The van der Waals surface area contributed by atoms with E-state index in [2.05, 4.69) is 11.9 Å². The minimum atomic E-state index is -1.09. The Bertz CT molecular complexity index is 447. The fourth-order valence-electron chi connectivity index (χ4n) is 2.33. The summed E-state index contributed by atoms with van der Waals surface area (Å²) in [5.74, 6) is 0. The van der Waals surface area contributed by atoms with Crippen LogP contribution in [0, 0.1) is 0 Å². The van der Waals surface area contributed by atoms with E-state index in [0.29, 0.717) is 13.0 Å². The van der Waals surface area contributed by atoms with Crippen LogP contribution in [-0.2, 0) is 6.54 Å². The Hall–Kier alpha value is -1.81. The highest BCUT2D eigenvalue weighted by Gasteiger charge is 2.42. The van der Waals surface area contributed by atoms with Crippen LogP contribution in [0.4, 0.5) is 4.79 Å². The zero-order valence-electron chi connectivity index (χ0n) is 11.0. The molecule has 0 spiro atoms. The van der Waals surface area contributed by atoms with Crippen LogP contribution in [0.25, 0.3) is 0 Å². The quantitative estimate of drug-likeness (QED) is 0.609. The lowest BCUT2D eigenvalue weighted by Gasteiger charge is -2.32. The van der Waals surface area contributed by atoms with Crippen molar-refractivity contribution in [3.63, 3.8) is 0 Å². The molecule has 1 aromatic rings. The van der Waals surface area contributed by atoms with Gasteiger partial charge in [-0.2, -0.15) is 0 Å². The van der Waals surface area contributed by atoms with Gasteiger partial charge < -0.3 is 10.4 Å². The van der Waals surface area contributed by atoms with Gasteiger partial charge >= 0.3 is 6.03 Å². The number of β-amino-alcohol motifs (C(OH)–C–C–N with tert-alkyl or cyclic N) is 1. The van der Waals surface area contributed by atoms with Crippen LogP contribution in [0.15, 0.2) is 43.0 Å². The minimum absolute atomic E-state index is 0.204. The van der Waals surface area contributed by atoms with Crippen LogP contribution in [0.3, 0.4) is 0 Å². The van der Waals surface area contributed by atoms with Gasteiger partial charge in [0.1, 0.15) is 0 Å². The Balaban J connectivity index is 2.06. The highest BCUT2D eigenvalue weighted by Crippen LogP contribution is 2.26. The van der Waals surface area contributed by atoms with Crippen molar-refractivity contribution >= 4 is 6.03 Å². The summed E-state index contributed by atoms with van der Waals surface area (Å²) in [4.78, 5) is 13.4. The molecule has 1 aromatic carbocycles. The molecule has 19 heavy (non-hydrogen) atoms. The van der Waals surface area contributed by atoms with Crippen molar-refractivity contribution in [3.8, 4) is 0 Å². The van der Waals surface area contributed by atoms with Crippen LogP contribution in [0.1, 0.15) is 24.8 Å². The minimum Gasteiger partial charge on any atom is -0.369 e.